The van der Waals surface area contributed by atoms with Gasteiger partial charge in [0.1, 0.15) is 0 Å². The Morgan fingerprint density at radius 2 is 1.45 bits per heavy atom. The van der Waals surface area contributed by atoms with E-state index in [1.54, 1.807) is 6.20 Å². The fraction of sp³-hybridized carbons (Fsp3) is 0.0943. The van der Waals surface area contributed by atoms with Crippen LogP contribution in [0.2, 0.25) is 0 Å². The number of anilines is 2. The van der Waals surface area contributed by atoms with E-state index in [0.29, 0.717) is 0 Å². The highest BCUT2D eigenvalue weighted by Crippen LogP contribution is 2.40. The van der Waals surface area contributed by atoms with Crippen molar-refractivity contribution in [1.82, 2.24) is 4.57 Å². The van der Waals surface area contributed by atoms with Gasteiger partial charge in [-0.2, -0.15) is 0 Å². The number of hydrogen-bond acceptors (Lipinski definition) is 2. The molecule has 0 radical (unpaired) electrons. The second-order valence-electron chi connectivity index (χ2n) is 14.0. The number of hydrogen-bond donors (Lipinski definition) is 1. The first-order valence-corrected chi connectivity index (χ1v) is 19.6. The summed E-state index contributed by atoms with van der Waals surface area (Å²) in [7, 11) is 0. The minimum Gasteiger partial charge on any atom is -0.404 e. The van der Waals surface area contributed by atoms with Crippen molar-refractivity contribution >= 4 is 56.1 Å². The average molecular weight is 726 g/mol. The van der Waals surface area contributed by atoms with E-state index >= 15 is 0 Å². The van der Waals surface area contributed by atoms with Crippen molar-refractivity contribution in [2.24, 2.45) is 5.73 Å². The number of fused-ring (bicyclic) bond motifs is 7. The summed E-state index contributed by atoms with van der Waals surface area (Å²) in [6.07, 6.45) is 15.2. The summed E-state index contributed by atoms with van der Waals surface area (Å²) in [5, 5.41) is 4.68. The van der Waals surface area contributed by atoms with Crippen molar-refractivity contribution in [3.63, 3.8) is 0 Å². The molecule has 7 aromatic rings. The SMILES string of the molecule is C=C/C(=C\CC)c1cccc(N2/C=C\C=C/C(=C)c3cc(-c4ccc5c(c4)c4ccccc4n5-c4cc5c(/c(=C\N)c4)=C(C)c4ccccc4-5)ccc32)c1.CC. The Kier molecular flexibility index (Phi) is 9.76. The van der Waals surface area contributed by atoms with Gasteiger partial charge in [0, 0.05) is 45.3 Å². The Hall–Kier alpha value is -6.84. The predicted molar refractivity (Wildman–Crippen MR) is 243 cm³/mol. The van der Waals surface area contributed by atoms with Gasteiger partial charge in [0.25, 0.3) is 0 Å². The molecule has 1 aliphatic carbocycles. The molecule has 3 heteroatoms. The monoisotopic (exact) mass is 725 g/mol. The number of allylic oxidation sites excluding steroid dienone is 7. The zero-order valence-corrected chi connectivity index (χ0v) is 32.7. The van der Waals surface area contributed by atoms with Gasteiger partial charge in [0.2, 0.25) is 0 Å². The van der Waals surface area contributed by atoms with E-state index in [1.165, 1.54) is 38.3 Å². The molecule has 0 unspecified atom stereocenters. The second-order valence-corrected chi connectivity index (χ2v) is 14.0. The lowest BCUT2D eigenvalue weighted by molar-refractivity contribution is 1.17. The number of benzene rings is 6. The Morgan fingerprint density at radius 3 is 2.25 bits per heavy atom. The summed E-state index contributed by atoms with van der Waals surface area (Å²) in [5.74, 6) is 0. The van der Waals surface area contributed by atoms with Crippen LogP contribution in [0.15, 0.2) is 171 Å². The average Bonchev–Trinajstić information content (AvgIpc) is 3.73. The van der Waals surface area contributed by atoms with E-state index in [1.807, 2.05) is 19.9 Å². The lowest BCUT2D eigenvalue weighted by Gasteiger charge is -2.26. The van der Waals surface area contributed by atoms with Gasteiger partial charge in [-0.3, -0.25) is 0 Å². The summed E-state index contributed by atoms with van der Waals surface area (Å²) in [5.41, 5.74) is 23.6. The Balaban J connectivity index is 0.00000217. The molecule has 3 nitrogen and oxygen atoms in total. The van der Waals surface area contributed by atoms with E-state index in [9.17, 15) is 0 Å². The van der Waals surface area contributed by atoms with Crippen LogP contribution in [0.1, 0.15) is 50.8 Å². The molecule has 1 aromatic heterocycles. The molecular formula is C53H47N3. The van der Waals surface area contributed by atoms with Crippen LogP contribution in [0.3, 0.4) is 0 Å². The number of nitrogens with two attached hydrogens (primary N) is 1. The van der Waals surface area contributed by atoms with Crippen LogP contribution in [0, 0.1) is 0 Å². The molecule has 274 valence electrons. The van der Waals surface area contributed by atoms with Crippen molar-refractivity contribution in [3.05, 3.63) is 198 Å². The van der Waals surface area contributed by atoms with Gasteiger partial charge >= 0.3 is 0 Å². The fourth-order valence-corrected chi connectivity index (χ4v) is 8.41. The van der Waals surface area contributed by atoms with Crippen molar-refractivity contribution in [2.45, 2.75) is 34.1 Å². The molecule has 0 fully saturated rings. The van der Waals surface area contributed by atoms with Crippen LogP contribution in [0.5, 0.6) is 0 Å². The maximum Gasteiger partial charge on any atom is 0.0541 e. The van der Waals surface area contributed by atoms with Gasteiger partial charge in [0.05, 0.1) is 16.7 Å². The highest BCUT2D eigenvalue weighted by atomic mass is 15.1. The molecule has 0 amide bonds. The minimum absolute atomic E-state index is 0.952. The van der Waals surface area contributed by atoms with Gasteiger partial charge in [-0.15, -0.1) is 0 Å². The van der Waals surface area contributed by atoms with Crippen molar-refractivity contribution in [3.8, 4) is 27.9 Å². The van der Waals surface area contributed by atoms with Gasteiger partial charge in [0.15, 0.2) is 0 Å². The van der Waals surface area contributed by atoms with Gasteiger partial charge < -0.3 is 15.2 Å². The summed E-state index contributed by atoms with van der Waals surface area (Å²) in [4.78, 5) is 2.25. The predicted octanol–water partition coefficient (Wildman–Crippen LogP) is 12.6. The topological polar surface area (TPSA) is 34.2 Å². The molecule has 2 N–H and O–H groups in total. The minimum atomic E-state index is 0.952. The normalized spacial score (nSPS) is 14.8. The molecule has 2 aliphatic rings. The molecule has 0 saturated heterocycles. The van der Waals surface area contributed by atoms with Crippen LogP contribution in [-0.4, -0.2) is 4.57 Å². The first kappa shape index (κ1) is 36.2. The molecule has 56 heavy (non-hydrogen) atoms. The zero-order chi connectivity index (χ0) is 38.9. The summed E-state index contributed by atoms with van der Waals surface area (Å²) in [6, 6.07) is 44.2. The van der Waals surface area contributed by atoms with Crippen LogP contribution in [0.25, 0.3) is 72.7 Å². The van der Waals surface area contributed by atoms with Crippen molar-refractivity contribution in [1.29, 1.82) is 0 Å². The molecule has 9 rings (SSSR count). The van der Waals surface area contributed by atoms with E-state index in [4.69, 9.17) is 5.73 Å². The quantitative estimate of drug-likeness (QED) is 0.173. The highest BCUT2D eigenvalue weighted by Gasteiger charge is 2.21. The lowest BCUT2D eigenvalue weighted by atomic mass is 9.95. The summed E-state index contributed by atoms with van der Waals surface area (Å²) >= 11 is 0. The lowest BCUT2D eigenvalue weighted by Crippen LogP contribution is -2.28. The molecule has 0 saturated carbocycles. The standard InChI is InChI=1S/C51H41N3.C2H6/c1-5-14-35(6-2)36-16-13-17-40(27-36)53-26-12-11-15-33(3)45-29-37(22-24-48(45)53)38-23-25-50-46(30-38)44-20-9-10-21-49(44)54(50)41-28-39(32-52)51-34(4)42-18-7-8-19-43(42)47(51)31-41;1-2/h6-32H,2-3,5,52H2,1,4H3;1-2H3/b15-11-,26-12-,35-14+,39-32-;. The van der Waals surface area contributed by atoms with Gasteiger partial charge in [-0.1, -0.05) is 125 Å². The summed E-state index contributed by atoms with van der Waals surface area (Å²) < 4.78 is 2.39. The molecule has 0 atom stereocenters. The molecule has 2 heterocycles. The van der Waals surface area contributed by atoms with E-state index < -0.39 is 0 Å². The first-order chi connectivity index (χ1) is 27.5. The first-order valence-electron chi connectivity index (χ1n) is 19.6. The third kappa shape index (κ3) is 6.02. The van der Waals surface area contributed by atoms with Crippen molar-refractivity contribution in [2.75, 3.05) is 4.90 Å². The third-order valence-electron chi connectivity index (χ3n) is 10.9. The van der Waals surface area contributed by atoms with Crippen LogP contribution < -0.4 is 21.1 Å². The van der Waals surface area contributed by atoms with E-state index in [2.05, 4.69) is 188 Å². The van der Waals surface area contributed by atoms with Gasteiger partial charge in [-0.05, 0) is 129 Å². The Labute approximate surface area is 330 Å². The highest BCUT2D eigenvalue weighted by molar-refractivity contribution is 6.10. The molecule has 6 aromatic carbocycles. The summed E-state index contributed by atoms with van der Waals surface area (Å²) in [6.45, 7) is 16.9. The van der Waals surface area contributed by atoms with Crippen molar-refractivity contribution < 1.29 is 0 Å². The van der Waals surface area contributed by atoms with Crippen LogP contribution in [-0.2, 0) is 0 Å². The number of nitrogens with zero attached hydrogens (tertiary/aromatic N) is 2. The molecule has 0 spiro atoms. The fourth-order valence-electron chi connectivity index (χ4n) is 8.41. The number of rotatable bonds is 6. The maximum absolute atomic E-state index is 6.33. The van der Waals surface area contributed by atoms with E-state index in [-0.39, 0.29) is 0 Å². The van der Waals surface area contributed by atoms with E-state index in [0.717, 1.165) is 73.1 Å². The third-order valence-corrected chi connectivity index (χ3v) is 10.9. The smallest absolute Gasteiger partial charge is 0.0541 e. The second kappa shape index (κ2) is 15.1. The Bertz CT molecular complexity index is 2930. The number of para-hydroxylation sites is 1. The number of aromatic nitrogens is 1. The van der Waals surface area contributed by atoms with Crippen LogP contribution in [0.4, 0.5) is 11.4 Å². The zero-order valence-electron chi connectivity index (χ0n) is 32.7. The van der Waals surface area contributed by atoms with Crippen LogP contribution >= 0.6 is 0 Å². The molecule has 0 bridgehead atoms. The molecular weight excluding hydrogens is 679 g/mol. The largest absolute Gasteiger partial charge is 0.404 e. The Morgan fingerprint density at radius 1 is 0.696 bits per heavy atom. The van der Waals surface area contributed by atoms with Gasteiger partial charge in [-0.25, -0.2) is 0 Å². The molecule has 1 aliphatic heterocycles. The maximum atomic E-state index is 6.33.